The molecule has 0 saturated carbocycles. The van der Waals surface area contributed by atoms with Crippen LogP contribution in [-0.2, 0) is 4.79 Å². The molecule has 2 N–H and O–H groups in total. The fraction of sp³-hybridized carbons (Fsp3) is 0.389. The van der Waals surface area contributed by atoms with E-state index in [0.717, 1.165) is 11.3 Å². The Morgan fingerprint density at radius 3 is 2.40 bits per heavy atom. The average molecular weight is 344 g/mol. The summed E-state index contributed by atoms with van der Waals surface area (Å²) in [7, 11) is 1.68. The molecule has 1 heterocycles. The van der Waals surface area contributed by atoms with Gasteiger partial charge in [0.1, 0.15) is 11.4 Å². The van der Waals surface area contributed by atoms with Gasteiger partial charge in [0.15, 0.2) is 5.76 Å². The van der Waals surface area contributed by atoms with Crippen LogP contribution in [0.2, 0.25) is 0 Å². The van der Waals surface area contributed by atoms with Gasteiger partial charge in [0.2, 0.25) is 5.91 Å². The van der Waals surface area contributed by atoms with Crippen LogP contribution < -0.4 is 15.5 Å². The van der Waals surface area contributed by atoms with E-state index < -0.39 is 0 Å². The first-order valence-electron chi connectivity index (χ1n) is 8.20. The van der Waals surface area contributed by atoms with Gasteiger partial charge in [-0.25, -0.2) is 4.79 Å². The van der Waals surface area contributed by atoms with E-state index in [0.29, 0.717) is 23.6 Å². The summed E-state index contributed by atoms with van der Waals surface area (Å²) in [5, 5.41) is 9.60. The number of hydrogen-bond acceptors (Lipinski definition) is 4. The van der Waals surface area contributed by atoms with E-state index >= 15 is 0 Å². The van der Waals surface area contributed by atoms with Crippen molar-refractivity contribution in [3.8, 4) is 0 Å². The fourth-order valence-electron chi connectivity index (χ4n) is 2.53. The van der Waals surface area contributed by atoms with Gasteiger partial charge in [-0.1, -0.05) is 24.2 Å². The molecule has 0 unspecified atom stereocenters. The summed E-state index contributed by atoms with van der Waals surface area (Å²) in [6, 6.07) is 6.97. The zero-order chi connectivity index (χ0) is 18.6. The second-order valence-corrected chi connectivity index (χ2v) is 5.93. The van der Waals surface area contributed by atoms with E-state index in [1.807, 2.05) is 31.2 Å². The molecule has 0 saturated heterocycles. The van der Waals surface area contributed by atoms with Crippen molar-refractivity contribution in [3.05, 3.63) is 41.3 Å². The topological polar surface area (TPSA) is 87.5 Å². The summed E-state index contributed by atoms with van der Waals surface area (Å²) < 4.78 is 5.10. The summed E-state index contributed by atoms with van der Waals surface area (Å²) in [4.78, 5) is 25.4. The zero-order valence-electron chi connectivity index (χ0n) is 15.2. The molecule has 0 bridgehead atoms. The van der Waals surface area contributed by atoms with Crippen LogP contribution >= 0.6 is 0 Å². The first-order chi connectivity index (χ1) is 11.8. The number of benzene rings is 1. The predicted octanol–water partition coefficient (Wildman–Crippen LogP) is 3.55. The number of anilines is 2. The van der Waals surface area contributed by atoms with Crippen molar-refractivity contribution in [2.75, 3.05) is 17.3 Å². The third-order valence-corrected chi connectivity index (χ3v) is 3.99. The minimum absolute atomic E-state index is 0.0322. The van der Waals surface area contributed by atoms with Gasteiger partial charge >= 0.3 is 6.03 Å². The van der Waals surface area contributed by atoms with Crippen molar-refractivity contribution >= 4 is 23.3 Å². The predicted molar refractivity (Wildman–Crippen MR) is 96.7 cm³/mol. The number of aryl methyl sites for hydroxylation is 2. The van der Waals surface area contributed by atoms with Crippen molar-refractivity contribution in [2.24, 2.45) is 0 Å². The first-order valence-corrected chi connectivity index (χ1v) is 8.20. The summed E-state index contributed by atoms with van der Waals surface area (Å²) in [6.45, 7) is 7.27. The zero-order valence-corrected chi connectivity index (χ0v) is 15.2. The number of carbonyl (C=O) groups excluding carboxylic acids is 2. The molecule has 0 aliphatic rings. The Kier molecular flexibility index (Phi) is 5.80. The average Bonchev–Trinajstić information content (AvgIpc) is 2.93. The molecule has 7 heteroatoms. The highest BCUT2D eigenvalue weighted by Crippen LogP contribution is 2.23. The number of carbonyl (C=O) groups is 2. The molecule has 1 aromatic heterocycles. The molecule has 2 rings (SSSR count). The van der Waals surface area contributed by atoms with E-state index in [4.69, 9.17) is 4.52 Å². The highest BCUT2D eigenvalue weighted by molar-refractivity contribution is 5.93. The molecule has 2 aromatic rings. The minimum Gasteiger partial charge on any atom is -0.359 e. The molecule has 0 spiro atoms. The highest BCUT2D eigenvalue weighted by atomic mass is 16.5. The lowest BCUT2D eigenvalue weighted by Gasteiger charge is -2.21. The normalized spacial score (nSPS) is 11.7. The van der Waals surface area contributed by atoms with E-state index in [2.05, 4.69) is 15.8 Å². The first kappa shape index (κ1) is 18.5. The molecule has 7 nitrogen and oxygen atoms in total. The lowest BCUT2D eigenvalue weighted by Crippen LogP contribution is -2.39. The maximum atomic E-state index is 12.5. The molecule has 0 radical (unpaired) electrons. The maximum absolute atomic E-state index is 12.5. The smallest absolute Gasteiger partial charge is 0.322 e. The van der Waals surface area contributed by atoms with Gasteiger partial charge in [0, 0.05) is 19.2 Å². The number of amides is 3. The van der Waals surface area contributed by atoms with Crippen molar-refractivity contribution in [3.63, 3.8) is 0 Å². The minimum atomic E-state index is -0.245. The number of nitrogens with zero attached hydrogens (tertiary/aromatic N) is 2. The maximum Gasteiger partial charge on any atom is 0.322 e. The van der Waals surface area contributed by atoms with Gasteiger partial charge in [-0.05, 0) is 38.5 Å². The van der Waals surface area contributed by atoms with Gasteiger partial charge in [-0.15, -0.1) is 0 Å². The van der Waals surface area contributed by atoms with Crippen molar-refractivity contribution in [2.45, 2.75) is 40.2 Å². The molecule has 0 aliphatic heterocycles. The largest absolute Gasteiger partial charge is 0.359 e. The van der Waals surface area contributed by atoms with Crippen LogP contribution in [-0.4, -0.2) is 24.1 Å². The van der Waals surface area contributed by atoms with Crippen LogP contribution in [0.25, 0.3) is 0 Å². The number of aromatic nitrogens is 1. The van der Waals surface area contributed by atoms with Gasteiger partial charge < -0.3 is 15.2 Å². The number of urea groups is 1. The molecule has 0 fully saturated rings. The van der Waals surface area contributed by atoms with Crippen molar-refractivity contribution in [1.29, 1.82) is 0 Å². The van der Waals surface area contributed by atoms with Crippen LogP contribution in [0, 0.1) is 13.8 Å². The summed E-state index contributed by atoms with van der Waals surface area (Å²) >= 11 is 0. The second kappa shape index (κ2) is 7.83. The molecule has 1 atom stereocenters. The van der Waals surface area contributed by atoms with Crippen LogP contribution in [0.1, 0.15) is 43.3 Å². The van der Waals surface area contributed by atoms with Crippen LogP contribution in [0.15, 0.2) is 28.8 Å². The van der Waals surface area contributed by atoms with Gasteiger partial charge in [-0.2, -0.15) is 0 Å². The Hall–Kier alpha value is -2.83. The van der Waals surface area contributed by atoms with Crippen LogP contribution in [0.4, 0.5) is 16.2 Å². The summed E-state index contributed by atoms with van der Waals surface area (Å²) in [6.07, 6.45) is 0.433. The van der Waals surface area contributed by atoms with Gasteiger partial charge in [0.05, 0.1) is 6.04 Å². The van der Waals surface area contributed by atoms with Crippen LogP contribution in [0.3, 0.4) is 0 Å². The Balaban J connectivity index is 2.02. The summed E-state index contributed by atoms with van der Waals surface area (Å²) in [5.41, 5.74) is 3.01. The third-order valence-electron chi connectivity index (χ3n) is 3.99. The Labute approximate surface area is 147 Å². The highest BCUT2D eigenvalue weighted by Gasteiger charge is 2.21. The number of rotatable bonds is 5. The quantitative estimate of drug-likeness (QED) is 0.868. The third kappa shape index (κ3) is 4.37. The molecule has 0 aliphatic carbocycles. The number of nitrogens with one attached hydrogen (secondary N) is 2. The Morgan fingerprint density at radius 2 is 1.88 bits per heavy atom. The Morgan fingerprint density at radius 1 is 1.24 bits per heavy atom. The second-order valence-electron chi connectivity index (χ2n) is 5.93. The molecule has 25 heavy (non-hydrogen) atoms. The van der Waals surface area contributed by atoms with E-state index in [-0.39, 0.29) is 18.0 Å². The van der Waals surface area contributed by atoms with Crippen molar-refractivity contribution in [1.82, 2.24) is 10.5 Å². The SMILES string of the molecule is CCC(=O)Nc1ccc([C@@H](C)NC(=O)N(C)c2c(C)noc2C)cc1. The lowest BCUT2D eigenvalue weighted by molar-refractivity contribution is -0.115. The monoisotopic (exact) mass is 344 g/mol. The standard InChI is InChI=1S/C18H24N4O3/c1-6-16(23)20-15-9-7-14(8-10-15)11(2)19-18(24)22(5)17-12(3)21-25-13(17)4/h7-11H,6H2,1-5H3,(H,19,24)(H,20,23)/t11-/m1/s1. The van der Waals surface area contributed by atoms with Gasteiger partial charge in [0.25, 0.3) is 0 Å². The molecule has 3 amide bonds. The molecular weight excluding hydrogens is 320 g/mol. The molecular formula is C18H24N4O3. The van der Waals surface area contributed by atoms with E-state index in [9.17, 15) is 9.59 Å². The number of hydrogen-bond donors (Lipinski definition) is 2. The van der Waals surface area contributed by atoms with E-state index in [1.165, 1.54) is 4.90 Å². The summed E-state index contributed by atoms with van der Waals surface area (Å²) in [5.74, 6) is 0.564. The van der Waals surface area contributed by atoms with Crippen molar-refractivity contribution < 1.29 is 14.1 Å². The molecule has 134 valence electrons. The fourth-order valence-corrected chi connectivity index (χ4v) is 2.53. The lowest BCUT2D eigenvalue weighted by atomic mass is 10.1. The van der Waals surface area contributed by atoms with Crippen LogP contribution in [0.5, 0.6) is 0 Å². The Bertz CT molecular complexity index is 733. The molecule has 1 aromatic carbocycles. The van der Waals surface area contributed by atoms with E-state index in [1.54, 1.807) is 27.8 Å². The van der Waals surface area contributed by atoms with Gasteiger partial charge in [-0.3, -0.25) is 9.69 Å².